The van der Waals surface area contributed by atoms with Crippen molar-refractivity contribution in [2.75, 3.05) is 38.2 Å². The molecular weight excluding hydrogens is 358 g/mol. The third-order valence-electron chi connectivity index (χ3n) is 4.06. The Bertz CT molecular complexity index is 658. The molecule has 0 spiro atoms. The van der Waals surface area contributed by atoms with Crippen LogP contribution in [0.1, 0.15) is 5.56 Å². The zero-order valence-corrected chi connectivity index (χ0v) is 14.7. The predicted molar refractivity (Wildman–Crippen MR) is 94.1 cm³/mol. The van der Waals surface area contributed by atoms with Crippen LogP contribution in [0.15, 0.2) is 41.0 Å². The van der Waals surface area contributed by atoms with Crippen molar-refractivity contribution in [1.29, 1.82) is 0 Å². The number of hydrogen-bond donors (Lipinski definition) is 1. The van der Waals surface area contributed by atoms with Crippen molar-refractivity contribution in [1.82, 2.24) is 9.88 Å². The SMILES string of the molecule is COc1cc(CN2CCN(c3ccccn3)CC2)cc(Br)c1O. The van der Waals surface area contributed by atoms with Gasteiger partial charge in [-0.25, -0.2) is 4.98 Å². The highest BCUT2D eigenvalue weighted by Crippen LogP contribution is 2.35. The lowest BCUT2D eigenvalue weighted by Crippen LogP contribution is -2.46. The summed E-state index contributed by atoms with van der Waals surface area (Å²) < 4.78 is 5.88. The standard InChI is InChI=1S/C17H20BrN3O2/c1-23-15-11-13(10-14(18)17(15)22)12-20-6-8-21(9-7-20)16-4-2-3-5-19-16/h2-5,10-11,22H,6-9,12H2,1H3. The third-order valence-corrected chi connectivity index (χ3v) is 4.66. The number of benzene rings is 1. The summed E-state index contributed by atoms with van der Waals surface area (Å²) in [6.45, 7) is 4.74. The minimum Gasteiger partial charge on any atom is -0.503 e. The second-order valence-corrected chi connectivity index (χ2v) is 6.43. The molecule has 1 aliphatic rings. The van der Waals surface area contributed by atoms with Gasteiger partial charge in [0.1, 0.15) is 5.82 Å². The molecule has 6 heteroatoms. The molecule has 2 aromatic rings. The van der Waals surface area contributed by atoms with E-state index in [0.717, 1.165) is 44.1 Å². The van der Waals surface area contributed by atoms with Gasteiger partial charge in [0.2, 0.25) is 0 Å². The lowest BCUT2D eigenvalue weighted by atomic mass is 10.1. The molecule has 0 bridgehead atoms. The van der Waals surface area contributed by atoms with E-state index in [2.05, 4.69) is 36.8 Å². The van der Waals surface area contributed by atoms with Gasteiger partial charge in [-0.15, -0.1) is 0 Å². The molecule has 1 aromatic carbocycles. The lowest BCUT2D eigenvalue weighted by molar-refractivity contribution is 0.248. The molecule has 1 N–H and O–H groups in total. The Balaban J connectivity index is 1.62. The number of phenolic OH excluding ortho intramolecular Hbond substituents is 1. The number of halogens is 1. The summed E-state index contributed by atoms with van der Waals surface area (Å²) in [4.78, 5) is 9.12. The van der Waals surface area contributed by atoms with Crippen LogP contribution in [0.2, 0.25) is 0 Å². The van der Waals surface area contributed by atoms with E-state index < -0.39 is 0 Å². The summed E-state index contributed by atoms with van der Waals surface area (Å²) in [6.07, 6.45) is 1.84. The van der Waals surface area contributed by atoms with Gasteiger partial charge in [-0.05, 0) is 45.8 Å². The highest BCUT2D eigenvalue weighted by molar-refractivity contribution is 9.10. The number of pyridine rings is 1. The zero-order valence-electron chi connectivity index (χ0n) is 13.1. The predicted octanol–water partition coefficient (Wildman–Crippen LogP) is 2.88. The van der Waals surface area contributed by atoms with E-state index in [-0.39, 0.29) is 5.75 Å². The maximum absolute atomic E-state index is 9.89. The van der Waals surface area contributed by atoms with Gasteiger partial charge in [0, 0.05) is 38.9 Å². The fourth-order valence-corrected chi connectivity index (χ4v) is 3.30. The normalized spacial score (nSPS) is 15.7. The van der Waals surface area contributed by atoms with Gasteiger partial charge in [0.15, 0.2) is 11.5 Å². The number of phenols is 1. The Morgan fingerprint density at radius 3 is 2.65 bits per heavy atom. The van der Waals surface area contributed by atoms with Crippen molar-refractivity contribution in [2.24, 2.45) is 0 Å². The van der Waals surface area contributed by atoms with E-state index in [9.17, 15) is 5.11 Å². The molecule has 1 fully saturated rings. The number of methoxy groups -OCH3 is 1. The first-order valence-corrected chi connectivity index (χ1v) is 8.40. The van der Waals surface area contributed by atoms with Crippen molar-refractivity contribution < 1.29 is 9.84 Å². The fourth-order valence-electron chi connectivity index (χ4n) is 2.81. The topological polar surface area (TPSA) is 48.8 Å². The summed E-state index contributed by atoms with van der Waals surface area (Å²) >= 11 is 3.38. The van der Waals surface area contributed by atoms with Crippen LogP contribution in [0.3, 0.4) is 0 Å². The van der Waals surface area contributed by atoms with Crippen molar-refractivity contribution >= 4 is 21.7 Å². The number of aromatic hydroxyl groups is 1. The van der Waals surface area contributed by atoms with E-state index in [1.165, 1.54) is 0 Å². The minimum absolute atomic E-state index is 0.149. The van der Waals surface area contributed by atoms with Gasteiger partial charge >= 0.3 is 0 Å². The molecule has 1 saturated heterocycles. The van der Waals surface area contributed by atoms with Crippen LogP contribution in [0.25, 0.3) is 0 Å². The largest absolute Gasteiger partial charge is 0.503 e. The van der Waals surface area contributed by atoms with Gasteiger partial charge in [0.25, 0.3) is 0 Å². The molecule has 3 rings (SSSR count). The minimum atomic E-state index is 0.149. The fraction of sp³-hybridized carbons (Fsp3) is 0.353. The maximum atomic E-state index is 9.89. The third kappa shape index (κ3) is 3.76. The van der Waals surface area contributed by atoms with Gasteiger partial charge in [-0.2, -0.15) is 0 Å². The van der Waals surface area contributed by atoms with Crippen molar-refractivity contribution in [3.63, 3.8) is 0 Å². The second-order valence-electron chi connectivity index (χ2n) is 5.58. The number of rotatable bonds is 4. The van der Waals surface area contributed by atoms with Gasteiger partial charge in [-0.1, -0.05) is 6.07 Å². The number of anilines is 1. The molecule has 0 aliphatic carbocycles. The quantitative estimate of drug-likeness (QED) is 0.887. The smallest absolute Gasteiger partial charge is 0.172 e. The summed E-state index contributed by atoms with van der Waals surface area (Å²) in [7, 11) is 1.57. The van der Waals surface area contributed by atoms with Crippen molar-refractivity contribution in [3.05, 3.63) is 46.6 Å². The molecule has 1 aliphatic heterocycles. The van der Waals surface area contributed by atoms with Gasteiger partial charge < -0.3 is 14.7 Å². The number of ether oxygens (including phenoxy) is 1. The first kappa shape index (κ1) is 16.1. The molecule has 0 atom stereocenters. The Morgan fingerprint density at radius 1 is 1.22 bits per heavy atom. The molecule has 0 saturated carbocycles. The van der Waals surface area contributed by atoms with Crippen LogP contribution in [-0.2, 0) is 6.54 Å². The van der Waals surface area contributed by atoms with Crippen molar-refractivity contribution in [2.45, 2.75) is 6.54 Å². The summed E-state index contributed by atoms with van der Waals surface area (Å²) in [5.41, 5.74) is 1.12. The average molecular weight is 378 g/mol. The highest BCUT2D eigenvalue weighted by atomic mass is 79.9. The summed E-state index contributed by atoms with van der Waals surface area (Å²) in [5.74, 6) is 1.69. The molecule has 23 heavy (non-hydrogen) atoms. The highest BCUT2D eigenvalue weighted by Gasteiger charge is 2.19. The summed E-state index contributed by atoms with van der Waals surface area (Å²) in [6, 6.07) is 9.86. The van der Waals surface area contributed by atoms with Gasteiger partial charge in [0.05, 0.1) is 11.6 Å². The van der Waals surface area contributed by atoms with Crippen LogP contribution in [0.5, 0.6) is 11.5 Å². The van der Waals surface area contributed by atoms with Crippen LogP contribution in [-0.4, -0.2) is 48.3 Å². The first-order chi connectivity index (χ1) is 11.2. The average Bonchev–Trinajstić information content (AvgIpc) is 2.59. The maximum Gasteiger partial charge on any atom is 0.172 e. The monoisotopic (exact) mass is 377 g/mol. The molecule has 5 nitrogen and oxygen atoms in total. The molecule has 0 unspecified atom stereocenters. The molecule has 0 amide bonds. The Labute approximate surface area is 144 Å². The van der Waals surface area contributed by atoms with Crippen molar-refractivity contribution in [3.8, 4) is 11.5 Å². The van der Waals surface area contributed by atoms with Crippen LogP contribution in [0.4, 0.5) is 5.82 Å². The molecule has 2 heterocycles. The molecule has 1 aromatic heterocycles. The summed E-state index contributed by atoms with van der Waals surface area (Å²) in [5, 5.41) is 9.89. The zero-order chi connectivity index (χ0) is 16.2. The lowest BCUT2D eigenvalue weighted by Gasteiger charge is -2.35. The Morgan fingerprint density at radius 2 is 2.00 bits per heavy atom. The number of piperazine rings is 1. The van der Waals surface area contributed by atoms with Crippen LogP contribution in [0, 0.1) is 0 Å². The Kier molecular flexibility index (Phi) is 5.03. The molecule has 0 radical (unpaired) electrons. The van der Waals surface area contributed by atoms with Crippen LogP contribution < -0.4 is 9.64 Å². The number of nitrogens with zero attached hydrogens (tertiary/aromatic N) is 3. The number of hydrogen-bond acceptors (Lipinski definition) is 5. The first-order valence-electron chi connectivity index (χ1n) is 7.61. The van der Waals surface area contributed by atoms with E-state index in [4.69, 9.17) is 4.74 Å². The van der Waals surface area contributed by atoms with E-state index in [1.807, 2.05) is 30.5 Å². The van der Waals surface area contributed by atoms with E-state index >= 15 is 0 Å². The molecule has 122 valence electrons. The van der Waals surface area contributed by atoms with Gasteiger partial charge in [-0.3, -0.25) is 4.90 Å². The van der Waals surface area contributed by atoms with E-state index in [0.29, 0.717) is 10.2 Å². The second kappa shape index (κ2) is 7.19. The number of aromatic nitrogens is 1. The van der Waals surface area contributed by atoms with E-state index in [1.54, 1.807) is 7.11 Å². The molecular formula is C17H20BrN3O2. The van der Waals surface area contributed by atoms with Crippen LogP contribution >= 0.6 is 15.9 Å². The Hall–Kier alpha value is -1.79.